The van der Waals surface area contributed by atoms with Gasteiger partial charge in [-0.2, -0.15) is 0 Å². The quantitative estimate of drug-likeness (QED) is 0.913. The number of nitrogens with two attached hydrogens (primary N) is 1. The topological polar surface area (TPSA) is 46.3 Å². The first-order valence-corrected chi connectivity index (χ1v) is 6.56. The van der Waals surface area contributed by atoms with E-state index in [9.17, 15) is 13.6 Å². The lowest BCUT2D eigenvalue weighted by atomic mass is 9.93. The van der Waals surface area contributed by atoms with Crippen LogP contribution in [0.4, 0.5) is 8.78 Å². The van der Waals surface area contributed by atoms with Gasteiger partial charge in [-0.1, -0.05) is 0 Å². The molecule has 1 fully saturated rings. The van der Waals surface area contributed by atoms with Crippen LogP contribution in [0.1, 0.15) is 29.6 Å². The highest BCUT2D eigenvalue weighted by atomic mass is 19.1. The molecule has 0 aromatic heterocycles. The van der Waals surface area contributed by atoms with Crippen molar-refractivity contribution in [2.75, 3.05) is 19.6 Å². The Morgan fingerprint density at radius 2 is 2.00 bits per heavy atom. The van der Waals surface area contributed by atoms with E-state index in [0.717, 1.165) is 37.5 Å². The summed E-state index contributed by atoms with van der Waals surface area (Å²) in [5.74, 6) is -1.16. The third kappa shape index (κ3) is 3.29. The van der Waals surface area contributed by atoms with Crippen LogP contribution in [0.3, 0.4) is 0 Å². The van der Waals surface area contributed by atoms with E-state index in [1.807, 2.05) is 0 Å². The molecule has 0 atom stereocenters. The highest BCUT2D eigenvalue weighted by Crippen LogP contribution is 2.22. The Hall–Kier alpha value is -1.49. The van der Waals surface area contributed by atoms with Crippen LogP contribution in [0.15, 0.2) is 18.2 Å². The number of carbonyl (C=O) groups is 1. The van der Waals surface area contributed by atoms with Crippen molar-refractivity contribution in [1.29, 1.82) is 0 Å². The van der Waals surface area contributed by atoms with Crippen molar-refractivity contribution in [3.63, 3.8) is 0 Å². The van der Waals surface area contributed by atoms with Gasteiger partial charge >= 0.3 is 0 Å². The molecule has 1 saturated heterocycles. The number of carbonyl (C=O) groups excluding carboxylic acids is 1. The van der Waals surface area contributed by atoms with Crippen LogP contribution in [-0.2, 0) is 0 Å². The number of benzene rings is 1. The predicted molar refractivity (Wildman–Crippen MR) is 68.7 cm³/mol. The fourth-order valence-corrected chi connectivity index (χ4v) is 2.49. The monoisotopic (exact) mass is 268 g/mol. The SMILES string of the molecule is NCCC1CCN(C(=O)c2cc(F)ccc2F)CC1. The van der Waals surface area contributed by atoms with Gasteiger partial charge in [-0.05, 0) is 49.9 Å². The first-order valence-electron chi connectivity index (χ1n) is 6.56. The zero-order valence-electron chi connectivity index (χ0n) is 10.7. The Morgan fingerprint density at radius 1 is 1.32 bits per heavy atom. The highest BCUT2D eigenvalue weighted by Gasteiger charge is 2.25. The van der Waals surface area contributed by atoms with E-state index in [2.05, 4.69) is 0 Å². The molecule has 0 radical (unpaired) electrons. The maximum atomic E-state index is 13.5. The Morgan fingerprint density at radius 3 is 2.63 bits per heavy atom. The van der Waals surface area contributed by atoms with Gasteiger partial charge in [0, 0.05) is 13.1 Å². The maximum absolute atomic E-state index is 13.5. The van der Waals surface area contributed by atoms with Gasteiger partial charge in [-0.15, -0.1) is 0 Å². The van der Waals surface area contributed by atoms with Gasteiger partial charge in [0.25, 0.3) is 5.91 Å². The molecule has 19 heavy (non-hydrogen) atoms. The first-order chi connectivity index (χ1) is 9.11. The van der Waals surface area contributed by atoms with Gasteiger partial charge in [0.1, 0.15) is 11.6 Å². The number of halogens is 2. The van der Waals surface area contributed by atoms with Crippen LogP contribution in [0.5, 0.6) is 0 Å². The maximum Gasteiger partial charge on any atom is 0.256 e. The standard InChI is InChI=1S/C14H18F2N2O/c15-11-1-2-13(16)12(9-11)14(19)18-7-4-10(3-6-17)5-8-18/h1-2,9-10H,3-8,17H2. The van der Waals surface area contributed by atoms with E-state index in [4.69, 9.17) is 5.73 Å². The normalized spacial score (nSPS) is 16.7. The van der Waals surface area contributed by atoms with Crippen LogP contribution >= 0.6 is 0 Å². The van der Waals surface area contributed by atoms with Crippen LogP contribution in [-0.4, -0.2) is 30.4 Å². The number of rotatable bonds is 3. The van der Waals surface area contributed by atoms with E-state index in [0.29, 0.717) is 25.6 Å². The molecule has 0 bridgehead atoms. The fourth-order valence-electron chi connectivity index (χ4n) is 2.49. The minimum atomic E-state index is -0.671. The van der Waals surface area contributed by atoms with Gasteiger partial charge in [0.05, 0.1) is 5.56 Å². The summed E-state index contributed by atoms with van der Waals surface area (Å²) in [7, 11) is 0. The lowest BCUT2D eigenvalue weighted by Gasteiger charge is -2.32. The minimum Gasteiger partial charge on any atom is -0.339 e. The third-order valence-corrected chi connectivity index (χ3v) is 3.64. The Bertz CT molecular complexity index is 457. The summed E-state index contributed by atoms with van der Waals surface area (Å²) < 4.78 is 26.6. The largest absolute Gasteiger partial charge is 0.339 e. The molecule has 2 N–H and O–H groups in total. The minimum absolute atomic E-state index is 0.183. The molecule has 1 heterocycles. The molecule has 3 nitrogen and oxygen atoms in total. The fraction of sp³-hybridized carbons (Fsp3) is 0.500. The lowest BCUT2D eigenvalue weighted by molar-refractivity contribution is 0.0682. The molecule has 5 heteroatoms. The van der Waals surface area contributed by atoms with Crippen molar-refractivity contribution in [2.24, 2.45) is 11.7 Å². The second-order valence-corrected chi connectivity index (χ2v) is 4.94. The average Bonchev–Trinajstić information content (AvgIpc) is 2.42. The van der Waals surface area contributed by atoms with Crippen LogP contribution < -0.4 is 5.73 Å². The second kappa shape index (κ2) is 6.10. The Labute approximate surface area is 111 Å². The van der Waals surface area contributed by atoms with E-state index >= 15 is 0 Å². The van der Waals surface area contributed by atoms with Crippen molar-refractivity contribution in [3.05, 3.63) is 35.4 Å². The van der Waals surface area contributed by atoms with Gasteiger partial charge < -0.3 is 10.6 Å². The number of hydrogen-bond donors (Lipinski definition) is 1. The predicted octanol–water partition coefficient (Wildman–Crippen LogP) is 2.17. The summed E-state index contributed by atoms with van der Waals surface area (Å²) in [5, 5.41) is 0. The van der Waals surface area contributed by atoms with Gasteiger partial charge in [0.2, 0.25) is 0 Å². The molecular formula is C14H18F2N2O. The molecule has 0 aliphatic carbocycles. The Kier molecular flexibility index (Phi) is 4.47. The molecule has 0 spiro atoms. The third-order valence-electron chi connectivity index (χ3n) is 3.64. The molecule has 1 aliphatic rings. The summed E-state index contributed by atoms with van der Waals surface area (Å²) >= 11 is 0. The van der Waals surface area contributed by atoms with Gasteiger partial charge in [-0.25, -0.2) is 8.78 Å². The number of likely N-dealkylation sites (tertiary alicyclic amines) is 1. The number of nitrogens with zero attached hydrogens (tertiary/aromatic N) is 1. The molecule has 0 unspecified atom stereocenters. The summed E-state index contributed by atoms with van der Waals surface area (Å²) in [5.41, 5.74) is 5.33. The average molecular weight is 268 g/mol. The van der Waals surface area contributed by atoms with Gasteiger partial charge in [-0.3, -0.25) is 4.79 Å². The van der Waals surface area contributed by atoms with E-state index < -0.39 is 17.5 Å². The van der Waals surface area contributed by atoms with Crippen molar-refractivity contribution in [2.45, 2.75) is 19.3 Å². The number of amides is 1. The van der Waals surface area contributed by atoms with E-state index in [1.165, 1.54) is 0 Å². The molecular weight excluding hydrogens is 250 g/mol. The molecule has 1 amide bonds. The smallest absolute Gasteiger partial charge is 0.256 e. The lowest BCUT2D eigenvalue weighted by Crippen LogP contribution is -2.39. The van der Waals surface area contributed by atoms with Crippen molar-refractivity contribution < 1.29 is 13.6 Å². The zero-order valence-corrected chi connectivity index (χ0v) is 10.7. The van der Waals surface area contributed by atoms with E-state index in [1.54, 1.807) is 4.90 Å². The van der Waals surface area contributed by atoms with E-state index in [-0.39, 0.29) is 5.56 Å². The van der Waals surface area contributed by atoms with Gasteiger partial charge in [0.15, 0.2) is 0 Å². The van der Waals surface area contributed by atoms with Crippen molar-refractivity contribution in [1.82, 2.24) is 4.90 Å². The number of hydrogen-bond acceptors (Lipinski definition) is 2. The highest BCUT2D eigenvalue weighted by molar-refractivity contribution is 5.94. The Balaban J connectivity index is 2.03. The molecule has 1 aromatic carbocycles. The molecule has 0 saturated carbocycles. The second-order valence-electron chi connectivity index (χ2n) is 4.94. The number of piperidine rings is 1. The van der Waals surface area contributed by atoms with Crippen molar-refractivity contribution >= 4 is 5.91 Å². The molecule has 2 rings (SSSR count). The summed E-state index contributed by atoms with van der Waals surface area (Å²) in [6.07, 6.45) is 2.70. The molecule has 104 valence electrons. The molecule has 1 aliphatic heterocycles. The van der Waals surface area contributed by atoms with Crippen LogP contribution in [0, 0.1) is 17.6 Å². The summed E-state index contributed by atoms with van der Waals surface area (Å²) in [6, 6.07) is 2.97. The van der Waals surface area contributed by atoms with Crippen LogP contribution in [0.25, 0.3) is 0 Å². The molecule has 1 aromatic rings. The zero-order chi connectivity index (χ0) is 13.8. The van der Waals surface area contributed by atoms with Crippen LogP contribution in [0.2, 0.25) is 0 Å². The first kappa shape index (κ1) is 13.9. The van der Waals surface area contributed by atoms with Crippen molar-refractivity contribution in [3.8, 4) is 0 Å². The summed E-state index contributed by atoms with van der Waals surface area (Å²) in [4.78, 5) is 13.7. The summed E-state index contributed by atoms with van der Waals surface area (Å²) in [6.45, 7) is 1.82.